The van der Waals surface area contributed by atoms with Crippen LogP contribution in [0.1, 0.15) is 62.5 Å². The topological polar surface area (TPSA) is 25.2 Å². The molecule has 4 saturated carbocycles. The van der Waals surface area contributed by atoms with Crippen molar-refractivity contribution in [2.75, 3.05) is 7.05 Å². The van der Waals surface area contributed by atoms with Crippen LogP contribution in [0.2, 0.25) is 0 Å². The van der Waals surface area contributed by atoms with Crippen molar-refractivity contribution in [2.45, 2.75) is 51.0 Å². The average molecular weight is 259 g/mol. The minimum atomic E-state index is 0.325. The Labute approximate surface area is 116 Å². The molecule has 1 unspecified atom stereocenters. The lowest BCUT2D eigenvalue weighted by molar-refractivity contribution is -0.0100. The molecule has 4 aliphatic rings. The van der Waals surface area contributed by atoms with Crippen LogP contribution in [0.3, 0.4) is 0 Å². The van der Waals surface area contributed by atoms with Gasteiger partial charge in [0.05, 0.1) is 6.04 Å². The molecule has 5 rings (SSSR count). The molecule has 104 valence electrons. The highest BCUT2D eigenvalue weighted by atomic mass is 16.3. The van der Waals surface area contributed by atoms with Crippen molar-refractivity contribution in [1.29, 1.82) is 0 Å². The van der Waals surface area contributed by atoms with Crippen molar-refractivity contribution in [3.63, 3.8) is 0 Å². The van der Waals surface area contributed by atoms with Crippen LogP contribution >= 0.6 is 0 Å². The molecule has 0 aliphatic heterocycles. The highest BCUT2D eigenvalue weighted by Crippen LogP contribution is 2.59. The predicted octanol–water partition coefficient (Wildman–Crippen LogP) is 4.10. The Balaban J connectivity index is 1.60. The van der Waals surface area contributed by atoms with Gasteiger partial charge in [-0.3, -0.25) is 0 Å². The fraction of sp³-hybridized carbons (Fsp3) is 0.765. The third kappa shape index (κ3) is 1.87. The first-order valence-corrected chi connectivity index (χ1v) is 8.01. The summed E-state index contributed by atoms with van der Waals surface area (Å²) in [6.07, 6.45) is 7.40. The van der Waals surface area contributed by atoms with Gasteiger partial charge >= 0.3 is 0 Å². The van der Waals surface area contributed by atoms with E-state index in [0.717, 1.165) is 35.3 Å². The Hall–Kier alpha value is -0.760. The smallest absolute Gasteiger partial charge is 0.120 e. The zero-order valence-electron chi connectivity index (χ0n) is 12.1. The molecule has 4 bridgehead atoms. The molecule has 0 amide bonds. The van der Waals surface area contributed by atoms with Gasteiger partial charge in [0.2, 0.25) is 0 Å². The third-order valence-electron chi connectivity index (χ3n) is 6.06. The normalized spacial score (nSPS) is 41.7. The molecule has 2 nitrogen and oxygen atoms in total. The molecule has 1 aromatic rings. The zero-order valence-corrected chi connectivity index (χ0v) is 12.1. The molecule has 4 fully saturated rings. The Morgan fingerprint density at radius 2 is 1.68 bits per heavy atom. The standard InChI is InChI=1S/C17H25NO/c1-10(18-2)15-3-4-16(19-15)17-13-6-11-5-12(8-13)9-14(17)7-11/h3-4,10-14,17-18H,5-9H2,1-2H3. The Morgan fingerprint density at radius 3 is 2.26 bits per heavy atom. The van der Waals surface area contributed by atoms with Crippen molar-refractivity contribution in [2.24, 2.45) is 23.7 Å². The second-order valence-corrected chi connectivity index (χ2v) is 7.21. The van der Waals surface area contributed by atoms with E-state index in [4.69, 9.17) is 4.42 Å². The number of furan rings is 1. The van der Waals surface area contributed by atoms with Gasteiger partial charge in [0.25, 0.3) is 0 Å². The molecule has 19 heavy (non-hydrogen) atoms. The molecule has 1 atom stereocenters. The minimum Gasteiger partial charge on any atom is -0.464 e. The largest absolute Gasteiger partial charge is 0.464 e. The van der Waals surface area contributed by atoms with E-state index in [9.17, 15) is 0 Å². The summed E-state index contributed by atoms with van der Waals surface area (Å²) in [5.41, 5.74) is 0. The number of nitrogens with one attached hydrogen (secondary N) is 1. The summed E-state index contributed by atoms with van der Waals surface area (Å²) >= 11 is 0. The van der Waals surface area contributed by atoms with Gasteiger partial charge in [0.1, 0.15) is 11.5 Å². The predicted molar refractivity (Wildman–Crippen MR) is 76.0 cm³/mol. The van der Waals surface area contributed by atoms with Gasteiger partial charge in [-0.15, -0.1) is 0 Å². The molecule has 1 heterocycles. The van der Waals surface area contributed by atoms with Gasteiger partial charge in [-0.05, 0) is 81.9 Å². The second kappa shape index (κ2) is 4.37. The van der Waals surface area contributed by atoms with Gasteiger partial charge in [-0.1, -0.05) is 0 Å². The van der Waals surface area contributed by atoms with E-state index < -0.39 is 0 Å². The molecule has 4 aliphatic carbocycles. The summed E-state index contributed by atoms with van der Waals surface area (Å²) in [5.74, 6) is 7.04. The molecule has 0 aromatic carbocycles. The molecule has 2 heteroatoms. The second-order valence-electron chi connectivity index (χ2n) is 7.21. The Morgan fingerprint density at radius 1 is 1.05 bits per heavy atom. The monoisotopic (exact) mass is 259 g/mol. The molecular weight excluding hydrogens is 234 g/mol. The summed E-state index contributed by atoms with van der Waals surface area (Å²) in [5, 5.41) is 3.27. The van der Waals surface area contributed by atoms with E-state index in [-0.39, 0.29) is 0 Å². The van der Waals surface area contributed by atoms with Crippen LogP contribution in [0.25, 0.3) is 0 Å². The third-order valence-corrected chi connectivity index (χ3v) is 6.06. The van der Waals surface area contributed by atoms with Crippen molar-refractivity contribution in [3.05, 3.63) is 23.7 Å². The van der Waals surface area contributed by atoms with Crippen LogP contribution in [0.4, 0.5) is 0 Å². The Kier molecular flexibility index (Phi) is 2.77. The molecule has 0 saturated heterocycles. The van der Waals surface area contributed by atoms with Gasteiger partial charge in [-0.2, -0.15) is 0 Å². The van der Waals surface area contributed by atoms with Crippen LogP contribution < -0.4 is 5.32 Å². The highest BCUT2D eigenvalue weighted by molar-refractivity contribution is 5.18. The Bertz CT molecular complexity index is 436. The maximum atomic E-state index is 6.20. The lowest BCUT2D eigenvalue weighted by atomic mass is 9.51. The van der Waals surface area contributed by atoms with Crippen molar-refractivity contribution >= 4 is 0 Å². The molecule has 1 aromatic heterocycles. The average Bonchev–Trinajstić information content (AvgIpc) is 2.86. The fourth-order valence-corrected chi connectivity index (χ4v) is 5.31. The first-order chi connectivity index (χ1) is 9.24. The number of rotatable bonds is 3. The SMILES string of the molecule is CNC(C)c1ccc(C2C3CC4CC(C3)CC2C4)o1. The summed E-state index contributed by atoms with van der Waals surface area (Å²) < 4.78 is 6.20. The van der Waals surface area contributed by atoms with Crippen LogP contribution in [0.15, 0.2) is 16.5 Å². The van der Waals surface area contributed by atoms with E-state index in [1.807, 2.05) is 7.05 Å². The molecule has 1 N–H and O–H groups in total. The quantitative estimate of drug-likeness (QED) is 0.884. The van der Waals surface area contributed by atoms with Crippen LogP contribution in [-0.4, -0.2) is 7.05 Å². The van der Waals surface area contributed by atoms with Gasteiger partial charge in [0.15, 0.2) is 0 Å². The van der Waals surface area contributed by atoms with Crippen LogP contribution in [0.5, 0.6) is 0 Å². The van der Waals surface area contributed by atoms with Crippen molar-refractivity contribution < 1.29 is 4.42 Å². The lowest BCUT2D eigenvalue weighted by Crippen LogP contribution is -2.43. The van der Waals surface area contributed by atoms with Crippen molar-refractivity contribution in [3.8, 4) is 0 Å². The first-order valence-electron chi connectivity index (χ1n) is 8.01. The summed E-state index contributed by atoms with van der Waals surface area (Å²) in [7, 11) is 2.00. The minimum absolute atomic E-state index is 0.325. The number of hydrogen-bond acceptors (Lipinski definition) is 2. The molecular formula is C17H25NO. The van der Waals surface area contributed by atoms with Gasteiger partial charge in [-0.25, -0.2) is 0 Å². The molecule has 0 radical (unpaired) electrons. The van der Waals surface area contributed by atoms with Crippen LogP contribution in [-0.2, 0) is 0 Å². The lowest BCUT2D eigenvalue weighted by Gasteiger charge is -2.53. The number of hydrogen-bond donors (Lipinski definition) is 1. The first kappa shape index (κ1) is 12.0. The van der Waals surface area contributed by atoms with Crippen LogP contribution in [0, 0.1) is 23.7 Å². The zero-order chi connectivity index (χ0) is 13.0. The van der Waals surface area contributed by atoms with Gasteiger partial charge in [0, 0.05) is 5.92 Å². The molecule has 0 spiro atoms. The van der Waals surface area contributed by atoms with Crippen molar-refractivity contribution in [1.82, 2.24) is 5.32 Å². The maximum Gasteiger partial charge on any atom is 0.120 e. The summed E-state index contributed by atoms with van der Waals surface area (Å²) in [6, 6.07) is 4.77. The maximum absolute atomic E-state index is 6.20. The van der Waals surface area contributed by atoms with Gasteiger partial charge < -0.3 is 9.73 Å². The van der Waals surface area contributed by atoms with E-state index >= 15 is 0 Å². The summed E-state index contributed by atoms with van der Waals surface area (Å²) in [4.78, 5) is 0. The summed E-state index contributed by atoms with van der Waals surface area (Å²) in [6.45, 7) is 2.17. The highest BCUT2D eigenvalue weighted by Gasteiger charge is 2.49. The van der Waals surface area contributed by atoms with E-state index in [2.05, 4.69) is 24.4 Å². The van der Waals surface area contributed by atoms with E-state index in [0.29, 0.717) is 6.04 Å². The fourth-order valence-electron chi connectivity index (χ4n) is 5.31. The van der Waals surface area contributed by atoms with E-state index in [1.165, 1.54) is 37.9 Å². The van der Waals surface area contributed by atoms with E-state index in [1.54, 1.807) is 0 Å².